The summed E-state index contributed by atoms with van der Waals surface area (Å²) in [5.74, 6) is 0.0781. The Morgan fingerprint density at radius 1 is 0.889 bits per heavy atom. The smallest absolute Gasteiger partial charge is 0.256 e. The normalized spacial score (nSPS) is 15.7. The molecule has 3 heteroatoms. The van der Waals surface area contributed by atoms with Crippen LogP contribution in [-0.4, -0.2) is 10.8 Å². The monoisotopic (exact) mass is 356 g/mol. The number of rotatable bonds is 4. The van der Waals surface area contributed by atoms with Crippen LogP contribution in [0.5, 0.6) is 0 Å². The molecule has 136 valence electrons. The molecule has 27 heavy (non-hydrogen) atoms. The second kappa shape index (κ2) is 6.92. The Hall–Kier alpha value is -3.07. The molecule has 0 saturated heterocycles. The van der Waals surface area contributed by atoms with Crippen molar-refractivity contribution in [3.8, 4) is 0 Å². The minimum atomic E-state index is -0.172. The van der Waals surface area contributed by atoms with Gasteiger partial charge in [-0.15, -0.1) is 0 Å². The lowest BCUT2D eigenvalue weighted by Crippen LogP contribution is -2.32. The minimum Gasteiger partial charge on any atom is -0.361 e. The maximum atomic E-state index is 13.1. The molecule has 0 radical (unpaired) electrons. The van der Waals surface area contributed by atoms with Gasteiger partial charge < -0.3 is 10.2 Å². The van der Waals surface area contributed by atoms with E-state index >= 15 is 0 Å². The number of anilines is 1. The van der Waals surface area contributed by atoms with Crippen molar-refractivity contribution in [3.05, 3.63) is 100 Å². The molecule has 4 rings (SSSR count). The Morgan fingerprint density at radius 3 is 2.22 bits per heavy atom. The number of benzene rings is 3. The first kappa shape index (κ1) is 17.3. The van der Waals surface area contributed by atoms with E-state index in [1.54, 1.807) is 0 Å². The Bertz CT molecular complexity index is 971. The molecular weight excluding hydrogens is 332 g/mol. The van der Waals surface area contributed by atoms with E-state index in [4.69, 9.17) is 0 Å². The second-order valence-electron chi connectivity index (χ2n) is 7.33. The van der Waals surface area contributed by atoms with E-state index in [0.717, 1.165) is 22.4 Å². The third kappa shape index (κ3) is 3.21. The van der Waals surface area contributed by atoms with Crippen molar-refractivity contribution in [2.75, 3.05) is 5.32 Å². The van der Waals surface area contributed by atoms with Crippen LogP contribution >= 0.6 is 0 Å². The SMILES string of the molecule is Cc1cc(C)c(N[C@H]2c3ccccc3C(=O)N2Cc2ccccc2)c(C)c1. The number of nitrogens with zero attached hydrogens (tertiary/aromatic N) is 1. The van der Waals surface area contributed by atoms with Gasteiger partial charge in [0.25, 0.3) is 5.91 Å². The topological polar surface area (TPSA) is 32.3 Å². The van der Waals surface area contributed by atoms with Gasteiger partial charge in [-0.25, -0.2) is 0 Å². The molecule has 0 aromatic heterocycles. The fourth-order valence-corrected chi connectivity index (χ4v) is 4.01. The largest absolute Gasteiger partial charge is 0.361 e. The van der Waals surface area contributed by atoms with E-state index in [1.807, 2.05) is 41.3 Å². The number of fused-ring (bicyclic) bond motifs is 1. The molecule has 0 aliphatic carbocycles. The van der Waals surface area contributed by atoms with Crippen LogP contribution < -0.4 is 5.32 Å². The summed E-state index contributed by atoms with van der Waals surface area (Å²) in [5, 5.41) is 3.67. The Balaban J connectivity index is 1.74. The quantitative estimate of drug-likeness (QED) is 0.681. The molecule has 0 unspecified atom stereocenters. The summed E-state index contributed by atoms with van der Waals surface area (Å²) in [5.41, 5.74) is 7.70. The highest BCUT2D eigenvalue weighted by Gasteiger charge is 2.36. The molecule has 1 amide bonds. The Morgan fingerprint density at radius 2 is 1.52 bits per heavy atom. The molecule has 1 N–H and O–H groups in total. The van der Waals surface area contributed by atoms with Crippen molar-refractivity contribution in [1.29, 1.82) is 0 Å². The maximum Gasteiger partial charge on any atom is 0.256 e. The van der Waals surface area contributed by atoms with Gasteiger partial charge in [0.2, 0.25) is 0 Å². The van der Waals surface area contributed by atoms with Crippen LogP contribution in [0.1, 0.15) is 44.3 Å². The number of nitrogens with one attached hydrogen (secondary N) is 1. The molecule has 0 saturated carbocycles. The molecule has 1 aliphatic rings. The summed E-state index contributed by atoms with van der Waals surface area (Å²) >= 11 is 0. The van der Waals surface area contributed by atoms with Crippen molar-refractivity contribution in [2.45, 2.75) is 33.5 Å². The molecule has 0 fully saturated rings. The Kier molecular flexibility index (Phi) is 4.44. The molecule has 3 aromatic carbocycles. The lowest BCUT2D eigenvalue weighted by molar-refractivity contribution is 0.0728. The third-order valence-electron chi connectivity index (χ3n) is 5.21. The van der Waals surface area contributed by atoms with Crippen LogP contribution in [0.15, 0.2) is 66.7 Å². The first-order chi connectivity index (χ1) is 13.0. The molecule has 0 bridgehead atoms. The van der Waals surface area contributed by atoms with Crippen molar-refractivity contribution in [3.63, 3.8) is 0 Å². The number of aryl methyl sites for hydroxylation is 3. The van der Waals surface area contributed by atoms with E-state index in [9.17, 15) is 4.79 Å². The molecule has 3 nitrogen and oxygen atoms in total. The molecule has 1 aliphatic heterocycles. The lowest BCUT2D eigenvalue weighted by atomic mass is 10.0. The van der Waals surface area contributed by atoms with Gasteiger partial charge in [-0.05, 0) is 43.5 Å². The lowest BCUT2D eigenvalue weighted by Gasteiger charge is -2.29. The van der Waals surface area contributed by atoms with Crippen LogP contribution in [0.25, 0.3) is 0 Å². The van der Waals surface area contributed by atoms with Gasteiger partial charge in [0.1, 0.15) is 6.17 Å². The summed E-state index contributed by atoms with van der Waals surface area (Å²) in [7, 11) is 0. The molecule has 0 spiro atoms. The van der Waals surface area contributed by atoms with Gasteiger partial charge in [0.05, 0.1) is 0 Å². The molecule has 3 aromatic rings. The van der Waals surface area contributed by atoms with Gasteiger partial charge in [-0.3, -0.25) is 4.79 Å². The molecule has 1 atom stereocenters. The highest BCUT2D eigenvalue weighted by molar-refractivity contribution is 5.99. The fraction of sp³-hybridized carbons (Fsp3) is 0.208. The summed E-state index contributed by atoms with van der Waals surface area (Å²) in [6.07, 6.45) is -0.172. The number of amides is 1. The minimum absolute atomic E-state index is 0.0781. The summed E-state index contributed by atoms with van der Waals surface area (Å²) < 4.78 is 0. The van der Waals surface area contributed by atoms with Crippen LogP contribution in [0.3, 0.4) is 0 Å². The zero-order valence-electron chi connectivity index (χ0n) is 16.0. The van der Waals surface area contributed by atoms with Crippen molar-refractivity contribution in [2.24, 2.45) is 0 Å². The first-order valence-corrected chi connectivity index (χ1v) is 9.33. The average molecular weight is 356 g/mol. The van der Waals surface area contributed by atoms with Gasteiger partial charge in [-0.1, -0.05) is 66.2 Å². The summed E-state index contributed by atoms with van der Waals surface area (Å²) in [4.78, 5) is 15.0. The van der Waals surface area contributed by atoms with Gasteiger partial charge in [0.15, 0.2) is 0 Å². The van der Waals surface area contributed by atoms with Crippen LogP contribution in [0, 0.1) is 20.8 Å². The summed E-state index contributed by atoms with van der Waals surface area (Å²) in [6, 6.07) is 22.4. The van der Waals surface area contributed by atoms with Gasteiger partial charge >= 0.3 is 0 Å². The standard InChI is InChI=1S/C24H24N2O/c1-16-13-17(2)22(18(3)14-16)25-23-20-11-7-8-12-21(20)24(27)26(23)15-19-9-5-4-6-10-19/h4-14,23,25H,15H2,1-3H3/t23-/m1/s1. The van der Waals surface area contributed by atoms with Crippen molar-refractivity contribution in [1.82, 2.24) is 4.90 Å². The zero-order valence-corrected chi connectivity index (χ0v) is 16.0. The zero-order chi connectivity index (χ0) is 19.0. The van der Waals surface area contributed by atoms with Gasteiger partial charge in [0, 0.05) is 23.4 Å². The maximum absolute atomic E-state index is 13.1. The third-order valence-corrected chi connectivity index (χ3v) is 5.21. The van der Waals surface area contributed by atoms with Crippen LogP contribution in [0.2, 0.25) is 0 Å². The highest BCUT2D eigenvalue weighted by Crippen LogP contribution is 2.37. The first-order valence-electron chi connectivity index (χ1n) is 9.33. The van der Waals surface area contributed by atoms with E-state index < -0.39 is 0 Å². The average Bonchev–Trinajstić information content (AvgIpc) is 2.91. The van der Waals surface area contributed by atoms with Crippen LogP contribution in [-0.2, 0) is 6.54 Å². The second-order valence-corrected chi connectivity index (χ2v) is 7.33. The molecule has 1 heterocycles. The predicted molar refractivity (Wildman–Crippen MR) is 110 cm³/mol. The number of hydrogen-bond acceptors (Lipinski definition) is 2. The predicted octanol–water partition coefficient (Wildman–Crippen LogP) is 5.38. The fourth-order valence-electron chi connectivity index (χ4n) is 4.01. The van der Waals surface area contributed by atoms with Gasteiger partial charge in [-0.2, -0.15) is 0 Å². The number of carbonyl (C=O) groups excluding carboxylic acids is 1. The van der Waals surface area contributed by atoms with Crippen LogP contribution in [0.4, 0.5) is 5.69 Å². The Labute approximate surface area is 160 Å². The summed E-state index contributed by atoms with van der Waals surface area (Å²) in [6.45, 7) is 6.93. The number of hydrogen-bond donors (Lipinski definition) is 1. The number of carbonyl (C=O) groups is 1. The van der Waals surface area contributed by atoms with Crippen molar-refractivity contribution < 1.29 is 4.79 Å². The molecular formula is C24H24N2O. The van der Waals surface area contributed by atoms with E-state index in [1.165, 1.54) is 16.7 Å². The van der Waals surface area contributed by atoms with E-state index in [-0.39, 0.29) is 12.1 Å². The van der Waals surface area contributed by atoms with E-state index in [2.05, 4.69) is 56.4 Å². The highest BCUT2D eigenvalue weighted by atomic mass is 16.2. The van der Waals surface area contributed by atoms with E-state index in [0.29, 0.717) is 6.54 Å². The van der Waals surface area contributed by atoms with Crippen molar-refractivity contribution >= 4 is 11.6 Å².